The second-order valence-electron chi connectivity index (χ2n) is 6.63. The second-order valence-corrected chi connectivity index (χ2v) is 6.63. The number of carboxylic acids is 1. The maximum Gasteiger partial charge on any atom is 0.334 e. The lowest BCUT2D eigenvalue weighted by atomic mass is 9.98. The topological polar surface area (TPSA) is 66.8 Å². The number of carbonyl (C=O) groups excluding carboxylic acids is 1. The molecule has 0 spiro atoms. The van der Waals surface area contributed by atoms with Crippen LogP contribution in [0.4, 0.5) is 0 Å². The largest absolute Gasteiger partial charge is 0.479 e. The number of amides is 1. The second kappa shape index (κ2) is 8.15. The molecule has 5 heteroatoms. The zero-order chi connectivity index (χ0) is 18.5. The third-order valence-electron chi connectivity index (χ3n) is 4.60. The number of nitrogens with zero attached hydrogens (tertiary/aromatic N) is 1. The Labute approximate surface area is 153 Å². The van der Waals surface area contributed by atoms with Gasteiger partial charge < -0.3 is 14.7 Å². The van der Waals surface area contributed by atoms with Crippen LogP contribution >= 0.6 is 0 Å². The van der Waals surface area contributed by atoms with E-state index in [1.807, 2.05) is 42.5 Å². The molecule has 1 unspecified atom stereocenters. The number of ether oxygens (including phenoxy) is 1. The molecule has 2 atom stereocenters. The smallest absolute Gasteiger partial charge is 0.334 e. The van der Waals surface area contributed by atoms with Crippen LogP contribution in [0.15, 0.2) is 54.6 Å². The maximum atomic E-state index is 13.0. The predicted molar refractivity (Wildman–Crippen MR) is 98.2 cm³/mol. The molecule has 0 aliphatic carbocycles. The van der Waals surface area contributed by atoms with Crippen LogP contribution < -0.4 is 0 Å². The first-order valence-electron chi connectivity index (χ1n) is 8.84. The standard InChI is InChI=1S/C21H23NO4/c1-15-13-22(14-19(26-15)21(24)25)20(23)18-10-6-5-9-17(18)12-11-16-7-3-2-4-8-16/h2-10,15,19H,11-14H2,1H3,(H,24,25)/t15-,19?/m1/s1. The van der Waals surface area contributed by atoms with Gasteiger partial charge in [-0.15, -0.1) is 0 Å². The predicted octanol–water partition coefficient (Wildman–Crippen LogP) is 2.79. The first-order chi connectivity index (χ1) is 12.5. The van der Waals surface area contributed by atoms with Gasteiger partial charge in [0.25, 0.3) is 5.91 Å². The Balaban J connectivity index is 1.76. The van der Waals surface area contributed by atoms with Gasteiger partial charge >= 0.3 is 5.97 Å². The van der Waals surface area contributed by atoms with Gasteiger partial charge in [-0.2, -0.15) is 0 Å². The fraction of sp³-hybridized carbons (Fsp3) is 0.333. The van der Waals surface area contributed by atoms with Crippen molar-refractivity contribution in [2.45, 2.75) is 32.0 Å². The molecule has 2 aromatic carbocycles. The molecule has 26 heavy (non-hydrogen) atoms. The maximum absolute atomic E-state index is 13.0. The van der Waals surface area contributed by atoms with E-state index in [0.717, 1.165) is 18.4 Å². The van der Waals surface area contributed by atoms with Gasteiger partial charge in [-0.05, 0) is 37.0 Å². The van der Waals surface area contributed by atoms with Crippen molar-refractivity contribution in [3.63, 3.8) is 0 Å². The summed E-state index contributed by atoms with van der Waals surface area (Å²) < 4.78 is 5.41. The number of benzene rings is 2. The molecule has 136 valence electrons. The van der Waals surface area contributed by atoms with Crippen molar-refractivity contribution in [1.82, 2.24) is 4.90 Å². The lowest BCUT2D eigenvalue weighted by Crippen LogP contribution is -2.51. The minimum atomic E-state index is -1.04. The lowest BCUT2D eigenvalue weighted by Gasteiger charge is -2.35. The average Bonchev–Trinajstić information content (AvgIpc) is 2.66. The molecule has 3 rings (SSSR count). The van der Waals surface area contributed by atoms with E-state index in [0.29, 0.717) is 12.1 Å². The summed E-state index contributed by atoms with van der Waals surface area (Å²) in [6.45, 7) is 2.26. The molecule has 1 heterocycles. The Kier molecular flexibility index (Phi) is 5.68. The molecule has 1 N–H and O–H groups in total. The number of aliphatic carboxylic acids is 1. The van der Waals surface area contributed by atoms with Crippen molar-refractivity contribution < 1.29 is 19.4 Å². The van der Waals surface area contributed by atoms with E-state index in [2.05, 4.69) is 12.1 Å². The molecule has 0 bridgehead atoms. The number of hydrogen-bond acceptors (Lipinski definition) is 3. The molecular formula is C21H23NO4. The monoisotopic (exact) mass is 353 g/mol. The Morgan fingerprint density at radius 2 is 1.73 bits per heavy atom. The molecule has 0 aromatic heterocycles. The van der Waals surface area contributed by atoms with Gasteiger partial charge in [0.15, 0.2) is 6.10 Å². The Morgan fingerprint density at radius 3 is 2.46 bits per heavy atom. The van der Waals surface area contributed by atoms with Crippen LogP contribution in [0.1, 0.15) is 28.4 Å². The zero-order valence-corrected chi connectivity index (χ0v) is 14.8. The molecule has 2 aromatic rings. The third-order valence-corrected chi connectivity index (χ3v) is 4.60. The summed E-state index contributed by atoms with van der Waals surface area (Å²) >= 11 is 0. The van der Waals surface area contributed by atoms with Crippen LogP contribution in [0.2, 0.25) is 0 Å². The number of rotatable bonds is 5. The number of aryl methyl sites for hydroxylation is 2. The molecule has 1 fully saturated rings. The van der Waals surface area contributed by atoms with Crippen molar-refractivity contribution in [2.24, 2.45) is 0 Å². The summed E-state index contributed by atoms with van der Waals surface area (Å²) in [5.41, 5.74) is 2.84. The summed E-state index contributed by atoms with van der Waals surface area (Å²) in [4.78, 5) is 25.9. The molecule has 0 radical (unpaired) electrons. The highest BCUT2D eigenvalue weighted by Gasteiger charge is 2.33. The van der Waals surface area contributed by atoms with Gasteiger partial charge in [-0.3, -0.25) is 4.79 Å². The lowest BCUT2D eigenvalue weighted by molar-refractivity contribution is -0.160. The van der Waals surface area contributed by atoms with Crippen molar-refractivity contribution in [3.05, 3.63) is 71.3 Å². The summed E-state index contributed by atoms with van der Waals surface area (Å²) in [5, 5.41) is 9.23. The van der Waals surface area contributed by atoms with Gasteiger partial charge in [0.1, 0.15) is 0 Å². The van der Waals surface area contributed by atoms with Crippen molar-refractivity contribution in [2.75, 3.05) is 13.1 Å². The minimum absolute atomic E-state index is 0.0749. The number of carboxylic acid groups (broad SMARTS) is 1. The minimum Gasteiger partial charge on any atom is -0.479 e. The fourth-order valence-corrected chi connectivity index (χ4v) is 3.29. The first-order valence-corrected chi connectivity index (χ1v) is 8.84. The molecule has 5 nitrogen and oxygen atoms in total. The van der Waals surface area contributed by atoms with E-state index in [9.17, 15) is 14.7 Å². The summed E-state index contributed by atoms with van der Waals surface area (Å²) in [5.74, 6) is -1.17. The Hall–Kier alpha value is -2.66. The number of hydrogen-bond donors (Lipinski definition) is 1. The van der Waals surface area contributed by atoms with Gasteiger partial charge in [-0.1, -0.05) is 48.5 Å². The van der Waals surface area contributed by atoms with E-state index in [1.165, 1.54) is 5.56 Å². The van der Waals surface area contributed by atoms with E-state index in [4.69, 9.17) is 4.74 Å². The van der Waals surface area contributed by atoms with E-state index < -0.39 is 12.1 Å². The van der Waals surface area contributed by atoms with E-state index in [1.54, 1.807) is 11.8 Å². The molecule has 1 aliphatic rings. The van der Waals surface area contributed by atoms with E-state index >= 15 is 0 Å². The first kappa shape index (κ1) is 18.1. The molecule has 0 saturated carbocycles. The van der Waals surface area contributed by atoms with E-state index in [-0.39, 0.29) is 18.6 Å². The molecule has 1 amide bonds. The third kappa shape index (κ3) is 4.29. The van der Waals surface area contributed by atoms with Crippen LogP contribution in [0.3, 0.4) is 0 Å². The van der Waals surface area contributed by atoms with Crippen LogP contribution in [0.25, 0.3) is 0 Å². The average molecular weight is 353 g/mol. The van der Waals surface area contributed by atoms with Crippen molar-refractivity contribution >= 4 is 11.9 Å². The van der Waals surface area contributed by atoms with Crippen LogP contribution in [-0.4, -0.2) is 47.2 Å². The fourth-order valence-electron chi connectivity index (χ4n) is 3.29. The highest BCUT2D eigenvalue weighted by atomic mass is 16.5. The van der Waals surface area contributed by atoms with Crippen LogP contribution in [-0.2, 0) is 22.4 Å². The van der Waals surface area contributed by atoms with Gasteiger partial charge in [0.05, 0.1) is 12.6 Å². The number of carbonyl (C=O) groups is 2. The van der Waals surface area contributed by atoms with Gasteiger partial charge in [0, 0.05) is 12.1 Å². The number of morpholine rings is 1. The van der Waals surface area contributed by atoms with Crippen LogP contribution in [0, 0.1) is 0 Å². The Bertz CT molecular complexity index is 775. The zero-order valence-electron chi connectivity index (χ0n) is 14.8. The molecule has 1 saturated heterocycles. The normalized spacial score (nSPS) is 20.0. The van der Waals surface area contributed by atoms with Crippen LogP contribution in [0.5, 0.6) is 0 Å². The Morgan fingerprint density at radius 1 is 1.04 bits per heavy atom. The summed E-state index contributed by atoms with van der Waals surface area (Å²) in [6.07, 6.45) is 0.334. The molecular weight excluding hydrogens is 330 g/mol. The highest BCUT2D eigenvalue weighted by Crippen LogP contribution is 2.19. The van der Waals surface area contributed by atoms with Crippen molar-refractivity contribution in [1.29, 1.82) is 0 Å². The summed E-state index contributed by atoms with van der Waals surface area (Å²) in [7, 11) is 0. The van der Waals surface area contributed by atoms with Crippen molar-refractivity contribution in [3.8, 4) is 0 Å². The quantitative estimate of drug-likeness (QED) is 0.898. The SMILES string of the molecule is C[C@@H]1CN(C(=O)c2ccccc2CCc2ccccc2)CC(C(=O)O)O1. The summed E-state index contributed by atoms with van der Waals surface area (Å²) in [6, 6.07) is 17.7. The van der Waals surface area contributed by atoms with Gasteiger partial charge in [0.2, 0.25) is 0 Å². The highest BCUT2D eigenvalue weighted by molar-refractivity contribution is 5.96. The molecule has 1 aliphatic heterocycles. The van der Waals surface area contributed by atoms with Gasteiger partial charge in [-0.25, -0.2) is 4.79 Å².